The minimum atomic E-state index is -4.34. The summed E-state index contributed by atoms with van der Waals surface area (Å²) < 4.78 is 23.2. The summed E-state index contributed by atoms with van der Waals surface area (Å²) in [6.07, 6.45) is 1.31. The van der Waals surface area contributed by atoms with Gasteiger partial charge in [-0.3, -0.25) is 14.7 Å². The van der Waals surface area contributed by atoms with Crippen LogP contribution in [0, 0.1) is 0 Å². The van der Waals surface area contributed by atoms with Crippen LogP contribution >= 0.6 is 30.5 Å². The number of hydrogen-bond donors (Lipinski definition) is 3. The Hall–Kier alpha value is -2.42. The van der Waals surface area contributed by atoms with Gasteiger partial charge in [0, 0.05) is 11.6 Å². The summed E-state index contributed by atoms with van der Waals surface area (Å²) in [6, 6.07) is 10.1. The van der Waals surface area contributed by atoms with Crippen molar-refractivity contribution in [3.05, 3.63) is 58.6 Å². The molecule has 0 bridgehead atoms. The van der Waals surface area contributed by atoms with Gasteiger partial charge in [-0.1, -0.05) is 22.9 Å². The molecule has 0 aliphatic carbocycles. The van der Waals surface area contributed by atoms with E-state index in [1.165, 1.54) is 36.5 Å². The molecular weight excluding hydrogens is 451 g/mol. The van der Waals surface area contributed by atoms with Crippen LogP contribution in [0.25, 0.3) is 0 Å². The molecule has 2 aromatic carbocycles. The molecule has 158 valence electrons. The lowest BCUT2D eigenvalue weighted by atomic mass is 10.2. The monoisotopic (exact) mass is 468 g/mol. The van der Waals surface area contributed by atoms with E-state index < -0.39 is 13.5 Å². The van der Waals surface area contributed by atoms with Crippen LogP contribution in [0.4, 0.5) is 5.13 Å². The van der Waals surface area contributed by atoms with Crippen LogP contribution in [0.15, 0.2) is 48.7 Å². The second-order valence-corrected chi connectivity index (χ2v) is 9.69. The molecule has 0 fully saturated rings. The van der Waals surface area contributed by atoms with Gasteiger partial charge < -0.3 is 19.3 Å². The average Bonchev–Trinajstić information content (AvgIpc) is 3.05. The standard InChI is InChI=1S/C19H18ClN2O6PS/c1-11(2)27-14-7-12(18(23)22-19-21-10-17(20)30-19)8-15(9-14)28-13-3-5-16(6-4-13)29(24,25)26/h3-11H,1-2H3,(H,21,22,23)(H2,24,25,26). The fraction of sp³-hybridized carbons (Fsp3) is 0.158. The van der Waals surface area contributed by atoms with E-state index >= 15 is 0 Å². The number of carbonyl (C=O) groups is 1. The van der Waals surface area contributed by atoms with E-state index in [0.29, 0.717) is 26.7 Å². The molecule has 0 radical (unpaired) electrons. The Kier molecular flexibility index (Phi) is 6.80. The zero-order chi connectivity index (χ0) is 21.9. The van der Waals surface area contributed by atoms with Crippen LogP contribution in [0.3, 0.4) is 0 Å². The molecule has 0 aliphatic heterocycles. The molecule has 1 amide bonds. The second kappa shape index (κ2) is 9.16. The SMILES string of the molecule is CC(C)Oc1cc(Oc2ccc(P(=O)(O)O)cc2)cc(C(=O)Nc2ncc(Cl)s2)c1. The quantitative estimate of drug-likeness (QED) is 0.439. The van der Waals surface area contributed by atoms with E-state index in [4.69, 9.17) is 21.1 Å². The molecule has 0 spiro atoms. The van der Waals surface area contributed by atoms with E-state index in [1.54, 1.807) is 12.1 Å². The highest BCUT2D eigenvalue weighted by molar-refractivity contribution is 7.60. The molecule has 0 unspecified atom stereocenters. The molecule has 3 N–H and O–H groups in total. The molecule has 30 heavy (non-hydrogen) atoms. The normalized spacial score (nSPS) is 11.4. The van der Waals surface area contributed by atoms with Gasteiger partial charge in [-0.25, -0.2) is 4.98 Å². The van der Waals surface area contributed by atoms with Gasteiger partial charge in [0.25, 0.3) is 5.91 Å². The summed E-state index contributed by atoms with van der Waals surface area (Å²) in [6.45, 7) is 3.71. The van der Waals surface area contributed by atoms with Crippen LogP contribution < -0.4 is 20.1 Å². The number of anilines is 1. The lowest BCUT2D eigenvalue weighted by Crippen LogP contribution is -2.13. The summed E-state index contributed by atoms with van der Waals surface area (Å²) in [5.74, 6) is 0.667. The van der Waals surface area contributed by atoms with E-state index in [-0.39, 0.29) is 17.0 Å². The molecule has 0 saturated heterocycles. The summed E-state index contributed by atoms with van der Waals surface area (Å²) in [5.41, 5.74) is 0.279. The first-order chi connectivity index (χ1) is 14.1. The zero-order valence-electron chi connectivity index (χ0n) is 15.9. The van der Waals surface area contributed by atoms with Crippen molar-refractivity contribution in [3.8, 4) is 17.2 Å². The van der Waals surface area contributed by atoms with Crippen molar-refractivity contribution in [2.45, 2.75) is 20.0 Å². The van der Waals surface area contributed by atoms with Gasteiger partial charge in [-0.05, 0) is 50.2 Å². The molecule has 8 nitrogen and oxygen atoms in total. The van der Waals surface area contributed by atoms with Crippen molar-refractivity contribution in [2.75, 3.05) is 5.32 Å². The Morgan fingerprint density at radius 3 is 2.37 bits per heavy atom. The first kappa shape index (κ1) is 22.3. The highest BCUT2D eigenvalue weighted by atomic mass is 35.5. The predicted molar refractivity (Wildman–Crippen MR) is 115 cm³/mol. The first-order valence-corrected chi connectivity index (χ1v) is 11.5. The molecule has 3 aromatic rings. The van der Waals surface area contributed by atoms with E-state index in [0.717, 1.165) is 11.3 Å². The van der Waals surface area contributed by atoms with Crippen LogP contribution in [-0.4, -0.2) is 26.8 Å². The Morgan fingerprint density at radius 1 is 1.13 bits per heavy atom. The summed E-state index contributed by atoms with van der Waals surface area (Å²) in [5, 5.41) is 2.90. The van der Waals surface area contributed by atoms with Crippen molar-refractivity contribution >= 4 is 46.9 Å². The van der Waals surface area contributed by atoms with Crippen LogP contribution in [-0.2, 0) is 4.57 Å². The molecule has 0 atom stereocenters. The van der Waals surface area contributed by atoms with Crippen molar-refractivity contribution in [1.29, 1.82) is 0 Å². The van der Waals surface area contributed by atoms with Gasteiger partial charge in [-0.15, -0.1) is 0 Å². The number of aromatic nitrogens is 1. The average molecular weight is 469 g/mol. The highest BCUT2D eigenvalue weighted by Gasteiger charge is 2.17. The number of thiazole rings is 1. The van der Waals surface area contributed by atoms with E-state index in [1.807, 2.05) is 13.8 Å². The molecule has 3 rings (SSSR count). The maximum Gasteiger partial charge on any atom is 0.356 e. The van der Waals surface area contributed by atoms with Gasteiger partial charge in [0.05, 0.1) is 17.6 Å². The lowest BCUT2D eigenvalue weighted by Gasteiger charge is -2.14. The second-order valence-electron chi connectivity index (χ2n) is 6.42. The van der Waals surface area contributed by atoms with Crippen molar-refractivity contribution in [1.82, 2.24) is 4.98 Å². The fourth-order valence-corrected chi connectivity index (χ4v) is 3.77. The number of halogens is 1. The van der Waals surface area contributed by atoms with Gasteiger partial charge in [0.15, 0.2) is 5.13 Å². The van der Waals surface area contributed by atoms with Crippen molar-refractivity contribution < 1.29 is 28.6 Å². The number of ether oxygens (including phenoxy) is 2. The van der Waals surface area contributed by atoms with Crippen LogP contribution in [0.2, 0.25) is 4.34 Å². The van der Waals surface area contributed by atoms with E-state index in [2.05, 4.69) is 10.3 Å². The number of carbonyl (C=O) groups excluding carboxylic acids is 1. The third-order valence-electron chi connectivity index (χ3n) is 3.62. The summed E-state index contributed by atoms with van der Waals surface area (Å²) in [7, 11) is -4.34. The smallest absolute Gasteiger partial charge is 0.356 e. The predicted octanol–water partition coefficient (Wildman–Crippen LogP) is 4.43. The number of rotatable bonds is 7. The van der Waals surface area contributed by atoms with Crippen molar-refractivity contribution in [3.63, 3.8) is 0 Å². The maximum atomic E-state index is 12.6. The molecule has 1 heterocycles. The van der Waals surface area contributed by atoms with Gasteiger partial charge in [0.2, 0.25) is 0 Å². The number of amides is 1. The van der Waals surface area contributed by atoms with Crippen LogP contribution in [0.5, 0.6) is 17.2 Å². The van der Waals surface area contributed by atoms with Gasteiger partial charge >= 0.3 is 7.60 Å². The van der Waals surface area contributed by atoms with Gasteiger partial charge in [0.1, 0.15) is 21.6 Å². The highest BCUT2D eigenvalue weighted by Crippen LogP contribution is 2.34. The maximum absolute atomic E-state index is 12.6. The summed E-state index contributed by atoms with van der Waals surface area (Å²) >= 11 is 6.97. The topological polar surface area (TPSA) is 118 Å². The largest absolute Gasteiger partial charge is 0.491 e. The Labute approximate surface area is 181 Å². The number of benzene rings is 2. The molecule has 1 aromatic heterocycles. The van der Waals surface area contributed by atoms with Gasteiger partial charge in [-0.2, -0.15) is 0 Å². The lowest BCUT2D eigenvalue weighted by molar-refractivity contribution is 0.102. The molecule has 11 heteroatoms. The third kappa shape index (κ3) is 6.04. The Bertz CT molecular complexity index is 1100. The molecule has 0 aliphatic rings. The number of nitrogens with one attached hydrogen (secondary N) is 1. The molecule has 0 saturated carbocycles. The number of hydrogen-bond acceptors (Lipinski definition) is 6. The third-order valence-corrected chi connectivity index (χ3v) is 5.62. The number of nitrogens with zero attached hydrogens (tertiary/aromatic N) is 1. The zero-order valence-corrected chi connectivity index (χ0v) is 18.4. The van der Waals surface area contributed by atoms with Crippen LogP contribution in [0.1, 0.15) is 24.2 Å². The first-order valence-electron chi connectivity index (χ1n) is 8.68. The molecular formula is C19H18ClN2O6PS. The Balaban J connectivity index is 1.86. The Morgan fingerprint density at radius 2 is 1.80 bits per heavy atom. The van der Waals surface area contributed by atoms with Crippen molar-refractivity contribution in [2.24, 2.45) is 0 Å². The minimum absolute atomic E-state index is 0.117. The van der Waals surface area contributed by atoms with E-state index in [9.17, 15) is 19.1 Å². The minimum Gasteiger partial charge on any atom is -0.491 e. The summed E-state index contributed by atoms with van der Waals surface area (Å²) in [4.78, 5) is 35.0. The fourth-order valence-electron chi connectivity index (χ4n) is 2.43.